The third-order valence-electron chi connectivity index (χ3n) is 2.00. The number of nitrogens with zero attached hydrogens (tertiary/aromatic N) is 3. The van der Waals surface area contributed by atoms with Gasteiger partial charge in [0, 0.05) is 31.9 Å². The van der Waals surface area contributed by atoms with Crippen molar-refractivity contribution in [2.24, 2.45) is 4.99 Å². The van der Waals surface area contributed by atoms with Crippen LogP contribution >= 0.6 is 0 Å². The molecule has 0 radical (unpaired) electrons. The van der Waals surface area contributed by atoms with Gasteiger partial charge in [0.25, 0.3) is 0 Å². The predicted octanol–water partition coefficient (Wildman–Crippen LogP) is 0.148. The van der Waals surface area contributed by atoms with Gasteiger partial charge in [-0.3, -0.25) is 9.56 Å². The zero-order valence-corrected chi connectivity index (χ0v) is 7.33. The van der Waals surface area contributed by atoms with E-state index in [0.717, 1.165) is 30.2 Å². The fraction of sp³-hybridized carbons (Fsp3) is 0.500. The van der Waals surface area contributed by atoms with E-state index in [1.54, 1.807) is 7.05 Å². The summed E-state index contributed by atoms with van der Waals surface area (Å²) in [5, 5.41) is 3.21. The van der Waals surface area contributed by atoms with E-state index < -0.39 is 0 Å². The number of hydrogen-bond acceptors (Lipinski definition) is 3. The third-order valence-corrected chi connectivity index (χ3v) is 2.00. The Balaban J connectivity index is 2.71. The van der Waals surface area contributed by atoms with E-state index in [9.17, 15) is 0 Å². The Morgan fingerprint density at radius 3 is 3.25 bits per heavy atom. The van der Waals surface area contributed by atoms with Crippen LogP contribution < -0.4 is 10.8 Å². The van der Waals surface area contributed by atoms with Gasteiger partial charge >= 0.3 is 0 Å². The second kappa shape index (κ2) is 2.62. The van der Waals surface area contributed by atoms with Gasteiger partial charge in [-0.2, -0.15) is 0 Å². The van der Waals surface area contributed by atoms with Gasteiger partial charge in [-0.1, -0.05) is 0 Å². The van der Waals surface area contributed by atoms with Crippen molar-refractivity contribution in [3.8, 4) is 0 Å². The van der Waals surface area contributed by atoms with Crippen LogP contribution in [0.5, 0.6) is 0 Å². The quantitative estimate of drug-likeness (QED) is 0.593. The van der Waals surface area contributed by atoms with Crippen LogP contribution in [0.1, 0.15) is 5.69 Å². The average Bonchev–Trinajstić information content (AvgIpc) is 2.50. The second-order valence-corrected chi connectivity index (χ2v) is 2.88. The summed E-state index contributed by atoms with van der Waals surface area (Å²) in [6, 6.07) is 2.00. The Labute approximate surface area is 71.0 Å². The Bertz CT molecular complexity index is 364. The van der Waals surface area contributed by atoms with Crippen molar-refractivity contribution < 1.29 is 0 Å². The van der Waals surface area contributed by atoms with Gasteiger partial charge in [0.15, 0.2) is 0 Å². The summed E-state index contributed by atoms with van der Waals surface area (Å²) in [6.07, 6.45) is 0. The van der Waals surface area contributed by atoms with Crippen LogP contribution in [-0.4, -0.2) is 23.1 Å². The van der Waals surface area contributed by atoms with Crippen molar-refractivity contribution in [3.05, 3.63) is 17.2 Å². The molecule has 1 N–H and O–H groups in total. The lowest BCUT2D eigenvalue weighted by molar-refractivity contribution is 0.737. The highest BCUT2D eigenvalue weighted by atomic mass is 15.3. The minimum absolute atomic E-state index is 0.940. The summed E-state index contributed by atoms with van der Waals surface area (Å²) >= 11 is 0. The van der Waals surface area contributed by atoms with Gasteiger partial charge in [-0.25, -0.2) is 4.98 Å². The van der Waals surface area contributed by atoms with Crippen molar-refractivity contribution in [1.29, 1.82) is 0 Å². The number of anilines is 1. The van der Waals surface area contributed by atoms with Crippen LogP contribution in [0, 0.1) is 6.92 Å². The Morgan fingerprint density at radius 1 is 1.67 bits per heavy atom. The van der Waals surface area contributed by atoms with Gasteiger partial charge in [-0.15, -0.1) is 0 Å². The van der Waals surface area contributed by atoms with Crippen LogP contribution in [0.2, 0.25) is 0 Å². The van der Waals surface area contributed by atoms with Crippen molar-refractivity contribution in [1.82, 2.24) is 9.55 Å². The maximum atomic E-state index is 4.35. The molecule has 0 spiro atoms. The zero-order valence-electron chi connectivity index (χ0n) is 7.33. The van der Waals surface area contributed by atoms with Gasteiger partial charge < -0.3 is 5.32 Å². The molecule has 1 aromatic heterocycles. The normalized spacial score (nSPS) is 16.0. The van der Waals surface area contributed by atoms with Crippen molar-refractivity contribution in [3.63, 3.8) is 0 Å². The highest BCUT2D eigenvalue weighted by molar-refractivity contribution is 5.30. The van der Waals surface area contributed by atoms with E-state index in [2.05, 4.69) is 19.9 Å². The van der Waals surface area contributed by atoms with E-state index >= 15 is 0 Å². The molecule has 1 aliphatic heterocycles. The van der Waals surface area contributed by atoms with Crippen molar-refractivity contribution in [2.75, 3.05) is 18.9 Å². The van der Waals surface area contributed by atoms with E-state index in [4.69, 9.17) is 0 Å². The largest absolute Gasteiger partial charge is 0.354 e. The van der Waals surface area contributed by atoms with Crippen molar-refractivity contribution >= 4 is 5.95 Å². The standard InChI is InChI=1S/C8H12N4/c1-6-5-7(9-2)12-4-3-10-8(12)11-6/h5H,3-4H2,1-2H3,(H,10,11). The van der Waals surface area contributed by atoms with E-state index in [1.807, 2.05) is 13.0 Å². The van der Waals surface area contributed by atoms with Crippen LogP contribution in [0.15, 0.2) is 11.1 Å². The predicted molar refractivity (Wildman–Crippen MR) is 46.9 cm³/mol. The summed E-state index contributed by atoms with van der Waals surface area (Å²) < 4.78 is 2.09. The molecule has 0 bridgehead atoms. The summed E-state index contributed by atoms with van der Waals surface area (Å²) in [5.41, 5.74) is 2.01. The molecular weight excluding hydrogens is 152 g/mol. The number of aromatic nitrogens is 2. The molecule has 0 fully saturated rings. The maximum Gasteiger partial charge on any atom is 0.204 e. The average molecular weight is 164 g/mol. The molecule has 4 heteroatoms. The molecule has 1 aromatic rings. The maximum absolute atomic E-state index is 4.35. The van der Waals surface area contributed by atoms with E-state index in [1.165, 1.54) is 0 Å². The van der Waals surface area contributed by atoms with Gasteiger partial charge in [-0.05, 0) is 6.92 Å². The monoisotopic (exact) mass is 164 g/mol. The molecule has 2 heterocycles. The molecule has 4 nitrogen and oxygen atoms in total. The zero-order chi connectivity index (χ0) is 8.55. The lowest BCUT2D eigenvalue weighted by Crippen LogP contribution is -2.19. The molecule has 0 aromatic carbocycles. The summed E-state index contributed by atoms with van der Waals surface area (Å²) in [6.45, 7) is 3.91. The Hall–Kier alpha value is -1.32. The first-order chi connectivity index (χ1) is 5.81. The van der Waals surface area contributed by atoms with Crippen LogP contribution in [0.3, 0.4) is 0 Å². The first-order valence-corrected chi connectivity index (χ1v) is 4.06. The number of aryl methyl sites for hydroxylation is 1. The minimum atomic E-state index is 0.940. The fourth-order valence-electron chi connectivity index (χ4n) is 1.45. The summed E-state index contributed by atoms with van der Waals surface area (Å²) in [7, 11) is 1.81. The smallest absolute Gasteiger partial charge is 0.204 e. The number of rotatable bonds is 0. The topological polar surface area (TPSA) is 42.2 Å². The first kappa shape index (κ1) is 7.34. The van der Waals surface area contributed by atoms with E-state index in [0.29, 0.717) is 0 Å². The molecule has 12 heavy (non-hydrogen) atoms. The molecule has 0 saturated carbocycles. The Kier molecular flexibility index (Phi) is 1.60. The number of fused-ring (bicyclic) bond motifs is 1. The third kappa shape index (κ3) is 0.995. The van der Waals surface area contributed by atoms with Crippen LogP contribution in [0.25, 0.3) is 0 Å². The minimum Gasteiger partial charge on any atom is -0.354 e. The molecule has 0 amide bonds. The number of nitrogens with one attached hydrogen (secondary N) is 1. The second-order valence-electron chi connectivity index (χ2n) is 2.88. The lowest BCUT2D eigenvalue weighted by Gasteiger charge is -2.03. The van der Waals surface area contributed by atoms with Gasteiger partial charge in [0.2, 0.25) is 5.95 Å². The molecule has 1 aliphatic rings. The molecule has 0 aliphatic carbocycles. The highest BCUT2D eigenvalue weighted by Crippen LogP contribution is 2.06. The number of hydrogen-bond donors (Lipinski definition) is 1. The van der Waals surface area contributed by atoms with Crippen LogP contribution in [-0.2, 0) is 6.54 Å². The van der Waals surface area contributed by atoms with Gasteiger partial charge in [0.1, 0.15) is 5.49 Å². The SMILES string of the molecule is CN=c1cc(C)nc2n1CCN2. The Morgan fingerprint density at radius 2 is 2.50 bits per heavy atom. The lowest BCUT2D eigenvalue weighted by atomic mass is 10.4. The summed E-state index contributed by atoms with van der Waals surface area (Å²) in [5.74, 6) is 0.940. The molecule has 2 rings (SSSR count). The molecule has 0 atom stereocenters. The molecule has 0 saturated heterocycles. The van der Waals surface area contributed by atoms with Gasteiger partial charge in [0.05, 0.1) is 0 Å². The molecule has 0 unspecified atom stereocenters. The highest BCUT2D eigenvalue weighted by Gasteiger charge is 2.10. The first-order valence-electron chi connectivity index (χ1n) is 4.06. The fourth-order valence-corrected chi connectivity index (χ4v) is 1.45. The van der Waals surface area contributed by atoms with E-state index in [-0.39, 0.29) is 0 Å². The van der Waals surface area contributed by atoms with Crippen LogP contribution in [0.4, 0.5) is 5.95 Å². The van der Waals surface area contributed by atoms with Crippen molar-refractivity contribution in [2.45, 2.75) is 13.5 Å². The molecule has 64 valence electrons. The molecular formula is C8H12N4. The summed E-state index contributed by atoms with van der Waals surface area (Å²) in [4.78, 5) is 8.54.